The number of carbonyl (C=O) groups is 1. The summed E-state index contributed by atoms with van der Waals surface area (Å²) >= 11 is 3.12. The Morgan fingerprint density at radius 1 is 1.50 bits per heavy atom. The quantitative estimate of drug-likeness (QED) is 0.581. The number of methoxy groups -OCH3 is 2. The molecule has 0 aromatic carbocycles. The Bertz CT molecular complexity index is 315. The number of ketones is 1. The topological polar surface area (TPSA) is 66.2 Å². The van der Waals surface area contributed by atoms with E-state index in [2.05, 4.69) is 26.2 Å². The first-order valence-corrected chi connectivity index (χ1v) is 4.56. The summed E-state index contributed by atoms with van der Waals surface area (Å²) in [5, 5.41) is 7.36. The van der Waals surface area contributed by atoms with Gasteiger partial charge in [-0.2, -0.15) is 0 Å². The first-order valence-electron chi connectivity index (χ1n) is 3.76. The van der Waals surface area contributed by atoms with Crippen molar-refractivity contribution < 1.29 is 14.3 Å². The van der Waals surface area contributed by atoms with Gasteiger partial charge in [-0.05, 0) is 15.9 Å². The second-order valence-electron chi connectivity index (χ2n) is 2.52. The lowest BCUT2D eigenvalue weighted by atomic mass is 10.3. The zero-order chi connectivity index (χ0) is 10.7. The van der Waals surface area contributed by atoms with Crippen LogP contribution < -0.4 is 0 Å². The van der Waals surface area contributed by atoms with Crippen molar-refractivity contribution in [1.82, 2.24) is 15.0 Å². The first-order chi connectivity index (χ1) is 6.61. The van der Waals surface area contributed by atoms with Gasteiger partial charge in [0.15, 0.2) is 4.60 Å². The van der Waals surface area contributed by atoms with Crippen LogP contribution in [0.15, 0.2) is 4.60 Å². The van der Waals surface area contributed by atoms with Crippen LogP contribution in [-0.2, 0) is 16.5 Å². The Balaban J connectivity index is 2.99. The number of halogens is 1. The summed E-state index contributed by atoms with van der Waals surface area (Å²) in [5.41, 5.74) is 0.318. The molecule has 0 radical (unpaired) electrons. The number of Topliss-reactive ketones (excluding diaryl/α,β-unsaturated/α-hetero) is 1. The highest BCUT2D eigenvalue weighted by molar-refractivity contribution is 9.10. The van der Waals surface area contributed by atoms with Crippen LogP contribution in [0.3, 0.4) is 0 Å². The predicted octanol–water partition coefficient (Wildman–Crippen LogP) is 0.379. The molecule has 0 unspecified atom stereocenters. The molecule has 0 aliphatic rings. The molecule has 0 aliphatic heterocycles. The summed E-state index contributed by atoms with van der Waals surface area (Å²) in [6.07, 6.45) is -0.927. The van der Waals surface area contributed by atoms with E-state index in [0.717, 1.165) is 0 Å². The van der Waals surface area contributed by atoms with Gasteiger partial charge in [-0.25, -0.2) is 4.68 Å². The standard InChI is InChI=1S/C7H10BrN3O3/c1-11-4(6(8)9-10-11)5(12)7(13-2)14-3/h7H,1-3H3. The monoisotopic (exact) mass is 263 g/mol. The molecule has 0 aliphatic carbocycles. The molecule has 1 heterocycles. The maximum Gasteiger partial charge on any atom is 0.239 e. The van der Waals surface area contributed by atoms with Crippen LogP contribution in [0.1, 0.15) is 10.5 Å². The molecule has 78 valence electrons. The molecule has 0 amide bonds. The molecule has 0 fully saturated rings. The van der Waals surface area contributed by atoms with E-state index >= 15 is 0 Å². The van der Waals surface area contributed by atoms with E-state index in [1.807, 2.05) is 0 Å². The van der Waals surface area contributed by atoms with Gasteiger partial charge in [0.1, 0.15) is 5.69 Å². The van der Waals surface area contributed by atoms with Crippen LogP contribution in [0.2, 0.25) is 0 Å². The number of aromatic nitrogens is 3. The van der Waals surface area contributed by atoms with E-state index in [9.17, 15) is 4.79 Å². The summed E-state index contributed by atoms with van der Waals surface area (Å²) in [7, 11) is 4.40. The van der Waals surface area contributed by atoms with Gasteiger partial charge < -0.3 is 9.47 Å². The summed E-state index contributed by atoms with van der Waals surface area (Å²) in [4.78, 5) is 11.7. The lowest BCUT2D eigenvalue weighted by molar-refractivity contribution is -0.0746. The lowest BCUT2D eigenvalue weighted by Crippen LogP contribution is -2.27. The molecule has 0 N–H and O–H groups in total. The SMILES string of the molecule is COC(OC)C(=O)c1c(Br)nnn1C. The molecule has 0 saturated heterocycles. The van der Waals surface area contributed by atoms with Crippen LogP contribution in [-0.4, -0.2) is 41.3 Å². The van der Waals surface area contributed by atoms with Gasteiger partial charge in [0.25, 0.3) is 0 Å². The van der Waals surface area contributed by atoms with E-state index in [4.69, 9.17) is 9.47 Å². The number of aryl methyl sites for hydroxylation is 1. The molecule has 14 heavy (non-hydrogen) atoms. The molecule has 1 aromatic heterocycles. The molecule has 1 aromatic rings. The normalized spacial score (nSPS) is 10.9. The van der Waals surface area contributed by atoms with E-state index in [-0.39, 0.29) is 5.78 Å². The van der Waals surface area contributed by atoms with Gasteiger partial charge in [-0.15, -0.1) is 5.10 Å². The largest absolute Gasteiger partial charge is 0.349 e. The fraction of sp³-hybridized carbons (Fsp3) is 0.571. The zero-order valence-electron chi connectivity index (χ0n) is 8.02. The van der Waals surface area contributed by atoms with Crippen LogP contribution in [0.4, 0.5) is 0 Å². The summed E-state index contributed by atoms with van der Waals surface area (Å²) in [6.45, 7) is 0. The number of hydrogen-bond donors (Lipinski definition) is 0. The zero-order valence-corrected chi connectivity index (χ0v) is 9.61. The Kier molecular flexibility index (Phi) is 3.73. The van der Waals surface area contributed by atoms with Gasteiger partial charge in [0, 0.05) is 21.3 Å². The van der Waals surface area contributed by atoms with Crippen molar-refractivity contribution in [3.63, 3.8) is 0 Å². The summed E-state index contributed by atoms with van der Waals surface area (Å²) in [5.74, 6) is -0.325. The number of ether oxygens (including phenoxy) is 2. The van der Waals surface area contributed by atoms with E-state index in [1.54, 1.807) is 7.05 Å². The molecule has 0 bridgehead atoms. The third-order valence-electron chi connectivity index (χ3n) is 1.66. The molecule has 0 saturated carbocycles. The van der Waals surface area contributed by atoms with Gasteiger partial charge in [-0.1, -0.05) is 5.21 Å². The van der Waals surface area contributed by atoms with E-state index in [1.165, 1.54) is 18.9 Å². The van der Waals surface area contributed by atoms with Crippen molar-refractivity contribution >= 4 is 21.7 Å². The first kappa shape index (κ1) is 11.3. The molecule has 1 rings (SSSR count). The highest BCUT2D eigenvalue weighted by atomic mass is 79.9. The smallest absolute Gasteiger partial charge is 0.239 e. The Hall–Kier alpha value is -0.790. The maximum atomic E-state index is 11.7. The minimum atomic E-state index is -0.927. The van der Waals surface area contributed by atoms with Crippen LogP contribution in [0.25, 0.3) is 0 Å². The molecule has 6 nitrogen and oxygen atoms in total. The Morgan fingerprint density at radius 2 is 2.07 bits per heavy atom. The number of hydrogen-bond acceptors (Lipinski definition) is 5. The van der Waals surface area contributed by atoms with Gasteiger partial charge >= 0.3 is 0 Å². The van der Waals surface area contributed by atoms with Crippen molar-refractivity contribution in [3.8, 4) is 0 Å². The average molecular weight is 264 g/mol. The van der Waals surface area contributed by atoms with Crippen molar-refractivity contribution in [2.45, 2.75) is 6.29 Å². The summed E-state index contributed by atoms with van der Waals surface area (Å²) in [6, 6.07) is 0. The van der Waals surface area contributed by atoms with Crippen molar-refractivity contribution in [2.75, 3.05) is 14.2 Å². The van der Waals surface area contributed by atoms with Crippen LogP contribution >= 0.6 is 15.9 Å². The van der Waals surface area contributed by atoms with Crippen molar-refractivity contribution in [3.05, 3.63) is 10.3 Å². The number of nitrogens with zero attached hydrogens (tertiary/aromatic N) is 3. The van der Waals surface area contributed by atoms with Crippen LogP contribution in [0.5, 0.6) is 0 Å². The average Bonchev–Trinajstić information content (AvgIpc) is 2.48. The van der Waals surface area contributed by atoms with Gasteiger partial charge in [0.05, 0.1) is 0 Å². The highest BCUT2D eigenvalue weighted by Crippen LogP contribution is 2.15. The molecular formula is C7H10BrN3O3. The third kappa shape index (κ3) is 1.99. The summed E-state index contributed by atoms with van der Waals surface area (Å²) < 4.78 is 11.4. The Labute approximate surface area is 89.3 Å². The predicted molar refractivity (Wildman–Crippen MR) is 50.8 cm³/mol. The molecule has 0 spiro atoms. The minimum absolute atomic E-state index is 0.318. The van der Waals surface area contributed by atoms with Crippen molar-refractivity contribution in [1.29, 1.82) is 0 Å². The molecule has 7 heteroatoms. The van der Waals surface area contributed by atoms with E-state index < -0.39 is 6.29 Å². The van der Waals surface area contributed by atoms with Crippen LogP contribution in [0, 0.1) is 0 Å². The van der Waals surface area contributed by atoms with E-state index in [0.29, 0.717) is 10.3 Å². The van der Waals surface area contributed by atoms with Gasteiger partial charge in [-0.3, -0.25) is 4.79 Å². The van der Waals surface area contributed by atoms with Gasteiger partial charge in [0.2, 0.25) is 12.1 Å². The number of rotatable bonds is 4. The Morgan fingerprint density at radius 3 is 2.43 bits per heavy atom. The third-order valence-corrected chi connectivity index (χ3v) is 2.20. The highest BCUT2D eigenvalue weighted by Gasteiger charge is 2.25. The van der Waals surface area contributed by atoms with Crippen molar-refractivity contribution in [2.24, 2.45) is 7.05 Å². The molecule has 0 atom stereocenters. The second kappa shape index (κ2) is 4.63. The fourth-order valence-electron chi connectivity index (χ4n) is 1.02. The molecular weight excluding hydrogens is 254 g/mol. The second-order valence-corrected chi connectivity index (χ2v) is 3.27. The fourth-order valence-corrected chi connectivity index (χ4v) is 1.54. The maximum absolute atomic E-state index is 11.7. The number of carbonyl (C=O) groups excluding carboxylic acids is 1. The lowest BCUT2D eigenvalue weighted by Gasteiger charge is -2.11. The minimum Gasteiger partial charge on any atom is -0.349 e.